The highest BCUT2D eigenvalue weighted by Crippen LogP contribution is 2.37. The number of thiophene rings is 1. The molecule has 2 fully saturated rings. The summed E-state index contributed by atoms with van der Waals surface area (Å²) < 4.78 is 8.48. The lowest BCUT2D eigenvalue weighted by Gasteiger charge is -2.32. The summed E-state index contributed by atoms with van der Waals surface area (Å²) in [7, 11) is 1.62. The Morgan fingerprint density at radius 1 is 1.41 bits per heavy atom. The zero-order chi connectivity index (χ0) is 18.8. The second-order valence-electron chi connectivity index (χ2n) is 7.15. The number of aromatic nitrogens is 3. The molecule has 2 aromatic rings. The van der Waals surface area contributed by atoms with Crippen molar-refractivity contribution in [2.45, 2.75) is 44.2 Å². The minimum absolute atomic E-state index is 0.0512. The number of methoxy groups -OCH3 is 1. The summed E-state index contributed by atoms with van der Waals surface area (Å²) in [4.78, 5) is 27.2. The molecule has 146 valence electrons. The van der Waals surface area contributed by atoms with E-state index in [0.717, 1.165) is 43.1 Å². The number of hydrogen-bond donors (Lipinski definition) is 1. The van der Waals surface area contributed by atoms with Gasteiger partial charge in [-0.15, -0.1) is 11.3 Å². The average molecular weight is 391 g/mol. The lowest BCUT2D eigenvalue weighted by Crippen LogP contribution is -2.42. The van der Waals surface area contributed by atoms with E-state index < -0.39 is 0 Å². The van der Waals surface area contributed by atoms with Crippen LogP contribution in [-0.4, -0.2) is 52.1 Å². The van der Waals surface area contributed by atoms with Crippen LogP contribution in [0.3, 0.4) is 0 Å². The molecular weight excluding hydrogens is 366 g/mol. The Bertz CT molecular complexity index is 840. The van der Waals surface area contributed by atoms with Gasteiger partial charge in [0, 0.05) is 32.2 Å². The van der Waals surface area contributed by atoms with Crippen molar-refractivity contribution in [1.82, 2.24) is 19.2 Å². The zero-order valence-corrected chi connectivity index (χ0v) is 16.3. The van der Waals surface area contributed by atoms with E-state index in [1.54, 1.807) is 7.11 Å². The highest BCUT2D eigenvalue weighted by Gasteiger charge is 2.35. The monoisotopic (exact) mass is 391 g/mol. The number of amides is 2. The minimum atomic E-state index is -0.0821. The smallest absolute Gasteiger partial charge is 0.346 e. The molecule has 0 radical (unpaired) electrons. The van der Waals surface area contributed by atoms with Gasteiger partial charge in [-0.3, -0.25) is 9.88 Å². The standard InChI is InChI=1S/C18H25N5O3S/c1-26-10-9-22-18(25)23(14-6-7-14)16(20-22)13-4-2-8-21(12-13)17(24)19-15-5-3-11-27-15/h3,5,11,13-14H,2,4,6-10,12H2,1H3,(H,19,24). The number of urea groups is 1. The predicted molar refractivity (Wildman–Crippen MR) is 104 cm³/mol. The number of likely N-dealkylation sites (tertiary alicyclic amines) is 1. The topological polar surface area (TPSA) is 81.4 Å². The third kappa shape index (κ3) is 3.93. The molecule has 4 rings (SSSR count). The van der Waals surface area contributed by atoms with Crippen molar-refractivity contribution in [2.75, 3.05) is 32.1 Å². The van der Waals surface area contributed by atoms with Crippen molar-refractivity contribution in [3.8, 4) is 0 Å². The van der Waals surface area contributed by atoms with Gasteiger partial charge in [-0.25, -0.2) is 14.3 Å². The van der Waals surface area contributed by atoms with Gasteiger partial charge in [0.1, 0.15) is 5.82 Å². The van der Waals surface area contributed by atoms with E-state index in [9.17, 15) is 9.59 Å². The van der Waals surface area contributed by atoms with Crippen molar-refractivity contribution in [3.05, 3.63) is 33.8 Å². The molecular formula is C18H25N5O3S. The van der Waals surface area contributed by atoms with Gasteiger partial charge >= 0.3 is 11.7 Å². The molecule has 1 aliphatic heterocycles. The number of anilines is 1. The van der Waals surface area contributed by atoms with E-state index in [1.165, 1.54) is 16.0 Å². The fourth-order valence-electron chi connectivity index (χ4n) is 3.62. The van der Waals surface area contributed by atoms with E-state index in [4.69, 9.17) is 4.74 Å². The summed E-state index contributed by atoms with van der Waals surface area (Å²) in [6.45, 7) is 2.23. The van der Waals surface area contributed by atoms with Crippen LogP contribution >= 0.6 is 11.3 Å². The molecule has 0 bridgehead atoms. The highest BCUT2D eigenvalue weighted by atomic mass is 32.1. The molecule has 9 heteroatoms. The van der Waals surface area contributed by atoms with Crippen molar-refractivity contribution in [3.63, 3.8) is 0 Å². The van der Waals surface area contributed by atoms with Crippen LogP contribution in [0.5, 0.6) is 0 Å². The Kier molecular flexibility index (Phi) is 5.31. The van der Waals surface area contributed by atoms with Gasteiger partial charge in [-0.2, -0.15) is 5.10 Å². The van der Waals surface area contributed by atoms with Gasteiger partial charge in [0.2, 0.25) is 0 Å². The first-order chi connectivity index (χ1) is 13.2. The van der Waals surface area contributed by atoms with Crippen molar-refractivity contribution in [1.29, 1.82) is 0 Å². The van der Waals surface area contributed by atoms with Crippen LogP contribution in [0.1, 0.15) is 43.5 Å². The summed E-state index contributed by atoms with van der Waals surface area (Å²) in [5.74, 6) is 0.914. The second-order valence-corrected chi connectivity index (χ2v) is 8.10. The molecule has 27 heavy (non-hydrogen) atoms. The lowest BCUT2D eigenvalue weighted by molar-refractivity contribution is 0.181. The molecule has 2 amide bonds. The lowest BCUT2D eigenvalue weighted by atomic mass is 9.97. The van der Waals surface area contributed by atoms with Gasteiger partial charge < -0.3 is 9.64 Å². The number of carbonyl (C=O) groups excluding carboxylic acids is 1. The van der Waals surface area contributed by atoms with Crippen LogP contribution in [0.4, 0.5) is 9.80 Å². The van der Waals surface area contributed by atoms with Crippen LogP contribution in [0.2, 0.25) is 0 Å². The first-order valence-electron chi connectivity index (χ1n) is 9.45. The number of nitrogens with zero attached hydrogens (tertiary/aromatic N) is 4. The summed E-state index contributed by atoms with van der Waals surface area (Å²) in [6, 6.07) is 3.99. The van der Waals surface area contributed by atoms with E-state index >= 15 is 0 Å². The van der Waals surface area contributed by atoms with Gasteiger partial charge in [0.15, 0.2) is 0 Å². The van der Waals surface area contributed by atoms with Gasteiger partial charge in [-0.1, -0.05) is 0 Å². The van der Waals surface area contributed by atoms with Crippen LogP contribution in [0, 0.1) is 0 Å². The van der Waals surface area contributed by atoms with E-state index in [0.29, 0.717) is 19.7 Å². The van der Waals surface area contributed by atoms with Gasteiger partial charge in [0.25, 0.3) is 0 Å². The van der Waals surface area contributed by atoms with Gasteiger partial charge in [0.05, 0.1) is 18.2 Å². The molecule has 0 spiro atoms. The maximum absolute atomic E-state index is 12.8. The Balaban J connectivity index is 1.52. The molecule has 1 saturated carbocycles. The fourth-order valence-corrected chi connectivity index (χ4v) is 4.23. The number of rotatable bonds is 6. The molecule has 8 nitrogen and oxygen atoms in total. The summed E-state index contributed by atoms with van der Waals surface area (Å²) in [5, 5.41) is 10.4. The summed E-state index contributed by atoms with van der Waals surface area (Å²) in [5.41, 5.74) is -0.0512. The number of nitrogens with one attached hydrogen (secondary N) is 1. The molecule has 1 aliphatic carbocycles. The molecule has 3 heterocycles. The Labute approximate surface area is 161 Å². The first kappa shape index (κ1) is 18.2. The number of hydrogen-bond acceptors (Lipinski definition) is 5. The molecule has 1 atom stereocenters. The molecule has 2 aliphatic rings. The summed E-state index contributed by atoms with van der Waals surface area (Å²) >= 11 is 1.51. The van der Waals surface area contributed by atoms with Gasteiger partial charge in [-0.05, 0) is 43.2 Å². The van der Waals surface area contributed by atoms with E-state index in [-0.39, 0.29) is 23.7 Å². The third-order valence-electron chi connectivity index (χ3n) is 5.14. The Hall–Kier alpha value is -2.13. The van der Waals surface area contributed by atoms with Crippen LogP contribution in [-0.2, 0) is 11.3 Å². The Morgan fingerprint density at radius 3 is 2.96 bits per heavy atom. The van der Waals surface area contributed by atoms with E-state index in [2.05, 4.69) is 10.4 Å². The largest absolute Gasteiger partial charge is 0.383 e. The van der Waals surface area contributed by atoms with Crippen molar-refractivity contribution < 1.29 is 9.53 Å². The molecule has 1 unspecified atom stereocenters. The number of ether oxygens (including phenoxy) is 1. The quantitative estimate of drug-likeness (QED) is 0.820. The van der Waals surface area contributed by atoms with Crippen molar-refractivity contribution >= 4 is 22.4 Å². The number of carbonyl (C=O) groups is 1. The average Bonchev–Trinajstić information content (AvgIpc) is 3.28. The molecule has 2 aromatic heterocycles. The van der Waals surface area contributed by atoms with E-state index in [1.807, 2.05) is 27.0 Å². The zero-order valence-electron chi connectivity index (χ0n) is 15.5. The minimum Gasteiger partial charge on any atom is -0.383 e. The first-order valence-corrected chi connectivity index (χ1v) is 10.3. The van der Waals surface area contributed by atoms with Crippen LogP contribution < -0.4 is 11.0 Å². The third-order valence-corrected chi connectivity index (χ3v) is 5.93. The summed E-state index contributed by atoms with van der Waals surface area (Å²) in [6.07, 6.45) is 3.90. The predicted octanol–water partition coefficient (Wildman–Crippen LogP) is 2.50. The van der Waals surface area contributed by atoms with Crippen molar-refractivity contribution in [2.24, 2.45) is 0 Å². The fraction of sp³-hybridized carbons (Fsp3) is 0.611. The molecule has 1 N–H and O–H groups in total. The molecule has 0 aromatic carbocycles. The van der Waals surface area contributed by atoms with Crippen LogP contribution in [0.15, 0.2) is 22.3 Å². The normalized spacial score (nSPS) is 20.0. The second kappa shape index (κ2) is 7.85. The Morgan fingerprint density at radius 2 is 2.26 bits per heavy atom. The molecule has 1 saturated heterocycles. The number of piperidine rings is 1. The SMILES string of the molecule is COCCn1nc(C2CCCN(C(=O)Nc3cccs3)C2)n(C2CC2)c1=O. The maximum atomic E-state index is 12.8. The highest BCUT2D eigenvalue weighted by molar-refractivity contribution is 7.14. The maximum Gasteiger partial charge on any atom is 0.346 e. The van der Waals surface area contributed by atoms with Crippen LogP contribution in [0.25, 0.3) is 0 Å².